The van der Waals surface area contributed by atoms with Crippen molar-refractivity contribution in [3.8, 4) is 11.5 Å². The third-order valence-corrected chi connectivity index (χ3v) is 5.28. The van der Waals surface area contributed by atoms with Gasteiger partial charge in [-0.25, -0.2) is 0 Å². The summed E-state index contributed by atoms with van der Waals surface area (Å²) in [6, 6.07) is 5.34. The Morgan fingerprint density at radius 3 is 2.89 bits per heavy atom. The van der Waals surface area contributed by atoms with Gasteiger partial charge in [-0.2, -0.15) is 0 Å². The van der Waals surface area contributed by atoms with E-state index in [0.717, 1.165) is 35.1 Å². The van der Waals surface area contributed by atoms with Crippen molar-refractivity contribution in [2.45, 2.75) is 26.7 Å². The van der Waals surface area contributed by atoms with Crippen molar-refractivity contribution < 1.29 is 23.9 Å². The number of thioether (sulfide) groups is 1. The topological polar surface area (TPSA) is 84.9 Å². The normalized spacial score (nSPS) is 18.3. The molecule has 0 radical (unpaired) electrons. The van der Waals surface area contributed by atoms with Crippen molar-refractivity contribution in [1.29, 1.82) is 0 Å². The molecule has 1 N–H and O–H groups in total. The van der Waals surface area contributed by atoms with Crippen molar-refractivity contribution in [3.05, 3.63) is 28.7 Å². The quantitative estimate of drug-likeness (QED) is 0.721. The molecule has 1 saturated heterocycles. The van der Waals surface area contributed by atoms with E-state index in [4.69, 9.17) is 9.47 Å². The smallest absolute Gasteiger partial charge is 0.293 e. The van der Waals surface area contributed by atoms with Gasteiger partial charge in [-0.1, -0.05) is 26.3 Å². The molecule has 0 aromatic heterocycles. The van der Waals surface area contributed by atoms with Gasteiger partial charge in [0.05, 0.1) is 4.91 Å². The Labute approximate surface area is 162 Å². The predicted octanol–water partition coefficient (Wildman–Crippen LogP) is 3.00. The number of ether oxygens (including phenoxy) is 2. The summed E-state index contributed by atoms with van der Waals surface area (Å²) in [5.41, 5.74) is 0.756. The Bertz CT molecular complexity index is 792. The number of hydrogen-bond acceptors (Lipinski definition) is 6. The maximum absolute atomic E-state index is 12.5. The standard InChI is InChI=1S/C19H22N2O5S/c1-3-4-12(2)17(22)20-7-8-21-18(23)16(27-19(21)24)10-13-5-6-14-15(9-13)26-11-25-14/h5-6,9-10,12H,3-4,7-8,11H2,1-2H3,(H,20,22)/b16-10-/t12-/m1/s1. The molecule has 0 unspecified atom stereocenters. The molecule has 27 heavy (non-hydrogen) atoms. The van der Waals surface area contributed by atoms with Crippen molar-refractivity contribution in [2.75, 3.05) is 19.9 Å². The number of benzene rings is 1. The van der Waals surface area contributed by atoms with E-state index in [2.05, 4.69) is 5.32 Å². The maximum atomic E-state index is 12.5. The van der Waals surface area contributed by atoms with Gasteiger partial charge < -0.3 is 14.8 Å². The fourth-order valence-corrected chi connectivity index (χ4v) is 3.74. The summed E-state index contributed by atoms with van der Waals surface area (Å²) < 4.78 is 10.6. The Morgan fingerprint density at radius 1 is 1.33 bits per heavy atom. The maximum Gasteiger partial charge on any atom is 0.293 e. The summed E-state index contributed by atoms with van der Waals surface area (Å²) >= 11 is 0.897. The molecule has 0 saturated carbocycles. The number of imide groups is 1. The minimum atomic E-state index is -0.349. The Hall–Kier alpha value is -2.48. The highest BCUT2D eigenvalue weighted by atomic mass is 32.2. The number of carbonyl (C=O) groups excluding carboxylic acids is 3. The number of carbonyl (C=O) groups is 3. The van der Waals surface area contributed by atoms with Gasteiger partial charge in [0.15, 0.2) is 11.5 Å². The Balaban J connectivity index is 1.59. The first kappa shape index (κ1) is 19.3. The predicted molar refractivity (Wildman–Crippen MR) is 102 cm³/mol. The van der Waals surface area contributed by atoms with Crippen molar-refractivity contribution >= 4 is 34.9 Å². The minimum Gasteiger partial charge on any atom is -0.454 e. The first-order chi connectivity index (χ1) is 13.0. The Morgan fingerprint density at radius 2 is 2.11 bits per heavy atom. The van der Waals surface area contributed by atoms with E-state index in [1.54, 1.807) is 24.3 Å². The van der Waals surface area contributed by atoms with Crippen LogP contribution in [-0.4, -0.2) is 41.8 Å². The summed E-state index contributed by atoms with van der Waals surface area (Å²) in [5.74, 6) is 0.800. The minimum absolute atomic E-state index is 0.0558. The molecule has 2 aliphatic heterocycles. The summed E-state index contributed by atoms with van der Waals surface area (Å²) in [6.07, 6.45) is 3.41. The van der Waals surface area contributed by atoms with Crippen molar-refractivity contribution in [3.63, 3.8) is 0 Å². The molecule has 0 spiro atoms. The number of hydrogen-bond donors (Lipinski definition) is 1. The van der Waals surface area contributed by atoms with Crippen LogP contribution in [0.4, 0.5) is 4.79 Å². The van der Waals surface area contributed by atoms with Gasteiger partial charge >= 0.3 is 0 Å². The summed E-state index contributed by atoms with van der Waals surface area (Å²) in [6.45, 7) is 4.48. The van der Waals surface area contributed by atoms with E-state index in [9.17, 15) is 14.4 Å². The summed E-state index contributed by atoms with van der Waals surface area (Å²) in [4.78, 5) is 38.1. The van der Waals surface area contributed by atoms with Crippen LogP contribution >= 0.6 is 11.8 Å². The van der Waals surface area contributed by atoms with Gasteiger partial charge in [-0.3, -0.25) is 19.3 Å². The number of rotatable bonds is 7. The SMILES string of the molecule is CCC[C@@H](C)C(=O)NCCN1C(=O)S/C(=C\c2ccc3c(c2)OCO3)C1=O. The average molecular weight is 390 g/mol. The zero-order chi connectivity index (χ0) is 19.4. The third kappa shape index (κ3) is 4.44. The Kier molecular flexibility index (Phi) is 6.05. The molecule has 144 valence electrons. The molecule has 7 nitrogen and oxygen atoms in total. The van der Waals surface area contributed by atoms with Gasteiger partial charge in [-0.05, 0) is 42.0 Å². The fraction of sp³-hybridized carbons (Fsp3) is 0.421. The molecule has 3 amide bonds. The van der Waals surface area contributed by atoms with E-state index in [0.29, 0.717) is 16.4 Å². The third-order valence-electron chi connectivity index (χ3n) is 4.37. The second kappa shape index (κ2) is 8.47. The fourth-order valence-electron chi connectivity index (χ4n) is 2.88. The lowest BCUT2D eigenvalue weighted by molar-refractivity contribution is -0.126. The van der Waals surface area contributed by atoms with E-state index < -0.39 is 0 Å². The zero-order valence-electron chi connectivity index (χ0n) is 15.3. The molecular weight excluding hydrogens is 368 g/mol. The van der Waals surface area contributed by atoms with Crippen LogP contribution in [0.25, 0.3) is 6.08 Å². The van der Waals surface area contributed by atoms with Crippen LogP contribution in [-0.2, 0) is 9.59 Å². The van der Waals surface area contributed by atoms with Crippen LogP contribution in [0.3, 0.4) is 0 Å². The average Bonchev–Trinajstić information content (AvgIpc) is 3.21. The van der Waals surface area contributed by atoms with Crippen LogP contribution in [0.1, 0.15) is 32.3 Å². The monoisotopic (exact) mass is 390 g/mol. The lowest BCUT2D eigenvalue weighted by atomic mass is 10.1. The molecule has 0 aliphatic carbocycles. The van der Waals surface area contributed by atoms with Crippen LogP contribution in [0, 0.1) is 5.92 Å². The number of fused-ring (bicyclic) bond motifs is 1. The first-order valence-electron chi connectivity index (χ1n) is 8.92. The molecule has 1 atom stereocenters. The van der Waals surface area contributed by atoms with Crippen LogP contribution in [0.15, 0.2) is 23.1 Å². The van der Waals surface area contributed by atoms with E-state index in [1.165, 1.54) is 0 Å². The molecule has 2 aliphatic rings. The highest BCUT2D eigenvalue weighted by Crippen LogP contribution is 2.36. The van der Waals surface area contributed by atoms with E-state index >= 15 is 0 Å². The number of amides is 3. The highest BCUT2D eigenvalue weighted by molar-refractivity contribution is 8.18. The van der Waals surface area contributed by atoms with Gasteiger partial charge in [0.25, 0.3) is 11.1 Å². The zero-order valence-corrected chi connectivity index (χ0v) is 16.1. The second-order valence-corrected chi connectivity index (χ2v) is 7.42. The largest absolute Gasteiger partial charge is 0.454 e. The molecule has 2 heterocycles. The van der Waals surface area contributed by atoms with Gasteiger partial charge in [0.1, 0.15) is 0 Å². The summed E-state index contributed by atoms with van der Waals surface area (Å²) in [5, 5.41) is 2.45. The molecule has 1 aromatic carbocycles. The van der Waals surface area contributed by atoms with Gasteiger partial charge in [0, 0.05) is 19.0 Å². The van der Waals surface area contributed by atoms with Gasteiger partial charge in [0.2, 0.25) is 12.7 Å². The first-order valence-corrected chi connectivity index (χ1v) is 9.74. The number of nitrogens with zero attached hydrogens (tertiary/aromatic N) is 1. The molecule has 8 heteroatoms. The molecule has 3 rings (SSSR count). The van der Waals surface area contributed by atoms with Crippen LogP contribution in [0.2, 0.25) is 0 Å². The molecular formula is C19H22N2O5S. The molecule has 1 aromatic rings. The van der Waals surface area contributed by atoms with Crippen LogP contribution < -0.4 is 14.8 Å². The lowest BCUT2D eigenvalue weighted by Gasteiger charge is -2.15. The molecule has 1 fully saturated rings. The second-order valence-electron chi connectivity index (χ2n) is 6.43. The number of nitrogens with one attached hydrogen (secondary N) is 1. The van der Waals surface area contributed by atoms with Crippen molar-refractivity contribution in [1.82, 2.24) is 10.2 Å². The van der Waals surface area contributed by atoms with E-state index in [-0.39, 0.29) is 42.9 Å². The summed E-state index contributed by atoms with van der Waals surface area (Å²) in [7, 11) is 0. The molecule has 0 bridgehead atoms. The van der Waals surface area contributed by atoms with Crippen LogP contribution in [0.5, 0.6) is 11.5 Å². The van der Waals surface area contributed by atoms with E-state index in [1.807, 2.05) is 13.8 Å². The lowest BCUT2D eigenvalue weighted by Crippen LogP contribution is -2.38. The van der Waals surface area contributed by atoms with Crippen molar-refractivity contribution in [2.24, 2.45) is 5.92 Å². The highest BCUT2D eigenvalue weighted by Gasteiger charge is 2.34. The van der Waals surface area contributed by atoms with Gasteiger partial charge in [-0.15, -0.1) is 0 Å².